The first-order chi connectivity index (χ1) is 11.4. The summed E-state index contributed by atoms with van der Waals surface area (Å²) in [5.41, 5.74) is 2.93. The average molecular weight is 335 g/mol. The van der Waals surface area contributed by atoms with Gasteiger partial charge in [-0.25, -0.2) is 9.87 Å². The van der Waals surface area contributed by atoms with Crippen LogP contribution in [0.25, 0.3) is 0 Å². The summed E-state index contributed by atoms with van der Waals surface area (Å²) < 4.78 is 15.2. The quantitative estimate of drug-likeness (QED) is 0.843. The molecule has 2 rings (SSSR count). The molecule has 0 saturated heterocycles. The average Bonchev–Trinajstić information content (AvgIpc) is 2.56. The summed E-state index contributed by atoms with van der Waals surface area (Å²) in [6.45, 7) is 5.77. The van der Waals surface area contributed by atoms with Crippen LogP contribution in [0.3, 0.4) is 0 Å². The molecule has 24 heavy (non-hydrogen) atoms. The highest BCUT2D eigenvalue weighted by Gasteiger charge is 2.16. The van der Waals surface area contributed by atoms with Crippen LogP contribution in [0.5, 0.6) is 0 Å². The van der Waals surface area contributed by atoms with E-state index in [-0.39, 0.29) is 22.6 Å². The van der Waals surface area contributed by atoms with Gasteiger partial charge in [-0.3, -0.25) is 19.0 Å². The number of hydroxylamine groups is 1. The van der Waals surface area contributed by atoms with Gasteiger partial charge >= 0.3 is 0 Å². The Balaban J connectivity index is 0.00000139. The van der Waals surface area contributed by atoms with E-state index in [1.54, 1.807) is 19.1 Å². The lowest BCUT2D eigenvalue weighted by molar-refractivity contribution is 0.0538. The number of carbonyl (C=O) groups is 1. The highest BCUT2D eigenvalue weighted by molar-refractivity contribution is 5.98. The van der Waals surface area contributed by atoms with Crippen molar-refractivity contribution in [3.05, 3.63) is 57.6 Å². The number of benzene rings is 1. The first-order valence-corrected chi connectivity index (χ1v) is 7.50. The van der Waals surface area contributed by atoms with Gasteiger partial charge in [0, 0.05) is 13.1 Å². The van der Waals surface area contributed by atoms with Crippen molar-refractivity contribution in [2.45, 2.75) is 20.8 Å². The zero-order chi connectivity index (χ0) is 18.3. The molecular weight excluding hydrogens is 313 g/mol. The van der Waals surface area contributed by atoms with E-state index in [2.05, 4.69) is 15.6 Å². The van der Waals surface area contributed by atoms with E-state index in [1.165, 1.54) is 36.9 Å². The van der Waals surface area contributed by atoms with Crippen molar-refractivity contribution < 1.29 is 14.0 Å². The molecule has 2 aromatic rings. The second-order valence-corrected chi connectivity index (χ2v) is 4.74. The molecular formula is C17H22FN3O3. The molecule has 0 unspecified atom stereocenters. The first-order valence-electron chi connectivity index (χ1n) is 7.50. The molecule has 0 aliphatic rings. The molecule has 0 aliphatic carbocycles. The van der Waals surface area contributed by atoms with Gasteiger partial charge in [-0.1, -0.05) is 19.9 Å². The number of carbonyl (C=O) groups excluding carboxylic acids is 1. The predicted octanol–water partition coefficient (Wildman–Crippen LogP) is 2.89. The van der Waals surface area contributed by atoms with Gasteiger partial charge in [0.05, 0.1) is 18.4 Å². The van der Waals surface area contributed by atoms with Gasteiger partial charge in [0.25, 0.3) is 11.5 Å². The SMILES string of the molecule is CC.CONC(=O)c1ccc(=O)n(C)c1Nc1ccc(C)cc1F. The number of halogens is 1. The summed E-state index contributed by atoms with van der Waals surface area (Å²) in [7, 11) is 2.78. The Labute approximate surface area is 140 Å². The van der Waals surface area contributed by atoms with Crippen molar-refractivity contribution in [3.8, 4) is 0 Å². The van der Waals surface area contributed by atoms with Crippen LogP contribution >= 0.6 is 0 Å². The third kappa shape index (κ3) is 4.42. The Hall–Kier alpha value is -2.67. The van der Waals surface area contributed by atoms with Crippen molar-refractivity contribution in [1.82, 2.24) is 10.0 Å². The lowest BCUT2D eigenvalue weighted by Crippen LogP contribution is -2.27. The first kappa shape index (κ1) is 19.4. The number of nitrogens with zero attached hydrogens (tertiary/aromatic N) is 1. The fraction of sp³-hybridized carbons (Fsp3) is 0.294. The zero-order valence-electron chi connectivity index (χ0n) is 14.4. The number of hydrogen-bond donors (Lipinski definition) is 2. The van der Waals surface area contributed by atoms with Crippen LogP contribution in [-0.2, 0) is 11.9 Å². The van der Waals surface area contributed by atoms with E-state index in [4.69, 9.17) is 0 Å². The minimum atomic E-state index is -0.548. The monoisotopic (exact) mass is 335 g/mol. The Bertz CT molecular complexity index is 772. The van der Waals surface area contributed by atoms with Gasteiger partial charge in [-0.05, 0) is 30.7 Å². The fourth-order valence-electron chi connectivity index (χ4n) is 1.97. The number of aromatic nitrogens is 1. The molecule has 0 aliphatic heterocycles. The number of hydrogen-bond acceptors (Lipinski definition) is 4. The van der Waals surface area contributed by atoms with E-state index in [9.17, 15) is 14.0 Å². The Morgan fingerprint density at radius 1 is 1.21 bits per heavy atom. The van der Waals surface area contributed by atoms with Crippen LogP contribution in [-0.4, -0.2) is 17.6 Å². The van der Waals surface area contributed by atoms with Crippen LogP contribution in [0.1, 0.15) is 29.8 Å². The molecule has 0 saturated carbocycles. The van der Waals surface area contributed by atoms with Crippen molar-refractivity contribution in [2.75, 3.05) is 12.4 Å². The molecule has 0 atom stereocenters. The molecule has 130 valence electrons. The second-order valence-electron chi connectivity index (χ2n) is 4.74. The number of aryl methyl sites for hydroxylation is 1. The molecule has 1 aromatic heterocycles. The molecule has 0 fully saturated rings. The number of rotatable bonds is 4. The van der Waals surface area contributed by atoms with Gasteiger partial charge in [0.1, 0.15) is 11.6 Å². The highest BCUT2D eigenvalue weighted by Crippen LogP contribution is 2.22. The minimum Gasteiger partial charge on any atom is -0.339 e. The standard InChI is InChI=1S/C15H16FN3O3.C2H6/c1-9-4-6-12(11(16)8-9)17-14-10(15(21)18-22-3)5-7-13(20)19(14)2;1-2/h4-8,17H,1-3H3,(H,18,21);1-2H3. The molecule has 1 aromatic carbocycles. The Morgan fingerprint density at radius 3 is 2.46 bits per heavy atom. The minimum absolute atomic E-state index is 0.156. The van der Waals surface area contributed by atoms with Gasteiger partial charge in [0.15, 0.2) is 0 Å². The summed E-state index contributed by atoms with van der Waals surface area (Å²) in [6, 6.07) is 7.23. The molecule has 6 nitrogen and oxygen atoms in total. The highest BCUT2D eigenvalue weighted by atomic mass is 19.1. The van der Waals surface area contributed by atoms with Crippen LogP contribution in [0.4, 0.5) is 15.9 Å². The number of pyridine rings is 1. The van der Waals surface area contributed by atoms with Crippen LogP contribution in [0, 0.1) is 12.7 Å². The molecule has 0 radical (unpaired) electrons. The van der Waals surface area contributed by atoms with Crippen molar-refractivity contribution >= 4 is 17.4 Å². The summed E-state index contributed by atoms with van der Waals surface area (Å²) >= 11 is 0. The van der Waals surface area contributed by atoms with Crippen LogP contribution in [0.15, 0.2) is 35.1 Å². The lowest BCUT2D eigenvalue weighted by atomic mass is 10.2. The Morgan fingerprint density at radius 2 is 1.88 bits per heavy atom. The molecule has 7 heteroatoms. The van der Waals surface area contributed by atoms with Crippen molar-refractivity contribution in [2.24, 2.45) is 7.05 Å². The smallest absolute Gasteiger partial charge is 0.278 e. The third-order valence-electron chi connectivity index (χ3n) is 3.13. The maximum Gasteiger partial charge on any atom is 0.278 e. The van der Waals surface area contributed by atoms with E-state index in [0.717, 1.165) is 5.56 Å². The lowest BCUT2D eigenvalue weighted by Gasteiger charge is -2.15. The van der Waals surface area contributed by atoms with Gasteiger partial charge in [-0.15, -0.1) is 0 Å². The maximum atomic E-state index is 14.0. The van der Waals surface area contributed by atoms with E-state index in [1.807, 2.05) is 13.8 Å². The molecule has 1 amide bonds. The normalized spacial score (nSPS) is 9.75. The van der Waals surface area contributed by atoms with E-state index in [0.29, 0.717) is 0 Å². The predicted molar refractivity (Wildman–Crippen MR) is 91.9 cm³/mol. The molecule has 0 bridgehead atoms. The maximum absolute atomic E-state index is 14.0. The number of anilines is 2. The van der Waals surface area contributed by atoms with Gasteiger partial charge < -0.3 is 5.32 Å². The summed E-state index contributed by atoms with van der Waals surface area (Å²) in [6.07, 6.45) is 0. The van der Waals surface area contributed by atoms with Crippen LogP contribution < -0.4 is 16.4 Å². The third-order valence-corrected chi connectivity index (χ3v) is 3.13. The van der Waals surface area contributed by atoms with Gasteiger partial charge in [0.2, 0.25) is 0 Å². The van der Waals surface area contributed by atoms with E-state index < -0.39 is 11.7 Å². The fourth-order valence-corrected chi connectivity index (χ4v) is 1.97. The topological polar surface area (TPSA) is 72.4 Å². The largest absolute Gasteiger partial charge is 0.339 e. The van der Waals surface area contributed by atoms with Crippen molar-refractivity contribution in [1.29, 1.82) is 0 Å². The Kier molecular flexibility index (Phi) is 7.13. The van der Waals surface area contributed by atoms with Gasteiger partial charge in [-0.2, -0.15) is 0 Å². The zero-order valence-corrected chi connectivity index (χ0v) is 14.4. The number of amides is 1. The van der Waals surface area contributed by atoms with Crippen LogP contribution in [0.2, 0.25) is 0 Å². The summed E-state index contributed by atoms with van der Waals surface area (Å²) in [5.74, 6) is -0.854. The van der Waals surface area contributed by atoms with E-state index >= 15 is 0 Å². The van der Waals surface area contributed by atoms with Crippen molar-refractivity contribution in [3.63, 3.8) is 0 Å². The molecule has 0 spiro atoms. The molecule has 1 heterocycles. The summed E-state index contributed by atoms with van der Waals surface area (Å²) in [4.78, 5) is 28.3. The molecule has 2 N–H and O–H groups in total. The summed E-state index contributed by atoms with van der Waals surface area (Å²) in [5, 5.41) is 2.79. The second kappa shape index (κ2) is 8.83. The number of nitrogens with one attached hydrogen (secondary N) is 2.